The van der Waals surface area contributed by atoms with Crippen LogP contribution < -0.4 is 5.32 Å². The van der Waals surface area contributed by atoms with Crippen LogP contribution in [-0.2, 0) is 4.79 Å². The first-order valence-corrected chi connectivity index (χ1v) is 6.75. The molecule has 2 aliphatic rings. The summed E-state index contributed by atoms with van der Waals surface area (Å²) in [6.45, 7) is 0. The Balaban J connectivity index is 1.74. The summed E-state index contributed by atoms with van der Waals surface area (Å²) in [6, 6.07) is 1.89. The first kappa shape index (κ1) is 13.6. The number of furan rings is 1. The highest BCUT2D eigenvalue weighted by Gasteiger charge is 2.51. The molecule has 1 amide bonds. The highest BCUT2D eigenvalue weighted by Crippen LogP contribution is 2.48. The Morgan fingerprint density at radius 1 is 1.33 bits per heavy atom. The van der Waals surface area contributed by atoms with Gasteiger partial charge in [0.2, 0.25) is 0 Å². The zero-order valence-corrected chi connectivity index (χ0v) is 11.0. The second-order valence-corrected chi connectivity index (χ2v) is 5.59. The molecule has 112 valence electrons. The average Bonchev–Trinajstić information content (AvgIpc) is 3.13. The Kier molecular flexibility index (Phi) is 3.15. The predicted octanol–water partition coefficient (Wildman–Crippen LogP) is 1.42. The molecule has 0 aliphatic heterocycles. The lowest BCUT2D eigenvalue weighted by atomic mass is 9.84. The van der Waals surface area contributed by atoms with Crippen molar-refractivity contribution in [1.29, 1.82) is 0 Å². The van der Waals surface area contributed by atoms with Gasteiger partial charge in [-0.1, -0.05) is 0 Å². The minimum absolute atomic E-state index is 0.101. The summed E-state index contributed by atoms with van der Waals surface area (Å²) in [5, 5.41) is 22.5. The largest absolute Gasteiger partial charge is 0.481 e. The summed E-state index contributed by atoms with van der Waals surface area (Å²) >= 11 is 0. The SMILES string of the molecule is O=C(NC1C2CCC(C2)C1C(=O)O)c1ccc([N+](=O)[O-])o1. The number of carboxylic acid groups (broad SMARTS) is 1. The van der Waals surface area contributed by atoms with Crippen molar-refractivity contribution in [1.82, 2.24) is 5.32 Å². The van der Waals surface area contributed by atoms with Crippen LogP contribution in [0.3, 0.4) is 0 Å². The number of carbonyl (C=O) groups excluding carboxylic acids is 1. The molecule has 0 spiro atoms. The summed E-state index contributed by atoms with van der Waals surface area (Å²) in [5.74, 6) is -2.52. The number of aliphatic carboxylic acids is 1. The van der Waals surface area contributed by atoms with E-state index >= 15 is 0 Å². The number of fused-ring (bicyclic) bond motifs is 2. The Labute approximate surface area is 119 Å². The number of nitrogens with one attached hydrogen (secondary N) is 1. The molecule has 0 aromatic carbocycles. The van der Waals surface area contributed by atoms with E-state index in [4.69, 9.17) is 4.42 Å². The number of hydrogen-bond acceptors (Lipinski definition) is 5. The van der Waals surface area contributed by atoms with E-state index in [9.17, 15) is 24.8 Å². The highest BCUT2D eigenvalue weighted by molar-refractivity contribution is 5.92. The summed E-state index contributed by atoms with van der Waals surface area (Å²) in [6.07, 6.45) is 2.58. The molecular formula is C13H14N2O6. The zero-order chi connectivity index (χ0) is 15.1. The maximum Gasteiger partial charge on any atom is 0.433 e. The minimum atomic E-state index is -0.905. The molecule has 4 atom stereocenters. The molecule has 21 heavy (non-hydrogen) atoms. The van der Waals surface area contributed by atoms with E-state index < -0.39 is 34.6 Å². The van der Waals surface area contributed by atoms with E-state index in [1.54, 1.807) is 0 Å². The number of carboxylic acids is 1. The number of carbonyl (C=O) groups is 2. The van der Waals surface area contributed by atoms with Crippen LogP contribution in [0.15, 0.2) is 16.5 Å². The summed E-state index contributed by atoms with van der Waals surface area (Å²) in [7, 11) is 0. The Bertz CT molecular complexity index is 610. The zero-order valence-electron chi connectivity index (χ0n) is 11.0. The van der Waals surface area contributed by atoms with E-state index in [1.165, 1.54) is 6.07 Å². The van der Waals surface area contributed by atoms with Crippen molar-refractivity contribution in [3.05, 3.63) is 28.0 Å². The molecule has 1 aromatic heterocycles. The van der Waals surface area contributed by atoms with Gasteiger partial charge in [-0.15, -0.1) is 0 Å². The quantitative estimate of drug-likeness (QED) is 0.639. The van der Waals surface area contributed by atoms with Crippen molar-refractivity contribution in [3.63, 3.8) is 0 Å². The molecule has 2 bridgehead atoms. The van der Waals surface area contributed by atoms with Crippen molar-refractivity contribution in [3.8, 4) is 0 Å². The molecule has 3 rings (SSSR count). The number of hydrogen-bond donors (Lipinski definition) is 2. The van der Waals surface area contributed by atoms with Crippen LogP contribution in [0.25, 0.3) is 0 Å². The molecule has 2 fully saturated rings. The van der Waals surface area contributed by atoms with Gasteiger partial charge >= 0.3 is 11.9 Å². The Morgan fingerprint density at radius 2 is 2.05 bits per heavy atom. The molecule has 1 heterocycles. The molecule has 2 N–H and O–H groups in total. The summed E-state index contributed by atoms with van der Waals surface area (Å²) in [5.41, 5.74) is 0. The molecule has 4 unspecified atom stereocenters. The van der Waals surface area contributed by atoms with Crippen LogP contribution >= 0.6 is 0 Å². The van der Waals surface area contributed by atoms with Gasteiger partial charge in [-0.2, -0.15) is 0 Å². The van der Waals surface area contributed by atoms with E-state index in [0.717, 1.165) is 25.3 Å². The van der Waals surface area contributed by atoms with Gasteiger partial charge in [0, 0.05) is 6.04 Å². The number of nitro groups is 1. The Hall–Kier alpha value is -2.38. The minimum Gasteiger partial charge on any atom is -0.481 e. The fourth-order valence-electron chi connectivity index (χ4n) is 3.62. The van der Waals surface area contributed by atoms with Gasteiger partial charge < -0.3 is 14.8 Å². The fourth-order valence-corrected chi connectivity index (χ4v) is 3.62. The van der Waals surface area contributed by atoms with Crippen molar-refractivity contribution in [2.24, 2.45) is 17.8 Å². The van der Waals surface area contributed by atoms with Gasteiger partial charge in [-0.25, -0.2) is 0 Å². The van der Waals surface area contributed by atoms with Gasteiger partial charge in [0.05, 0.1) is 12.0 Å². The number of amides is 1. The lowest BCUT2D eigenvalue weighted by molar-refractivity contribution is -0.402. The molecule has 2 aliphatic carbocycles. The molecule has 8 heteroatoms. The van der Waals surface area contributed by atoms with Crippen molar-refractivity contribution in [2.75, 3.05) is 0 Å². The third kappa shape index (κ3) is 2.26. The Morgan fingerprint density at radius 3 is 2.67 bits per heavy atom. The summed E-state index contributed by atoms with van der Waals surface area (Å²) < 4.78 is 4.83. The van der Waals surface area contributed by atoms with Gasteiger partial charge in [-0.3, -0.25) is 19.7 Å². The third-order valence-electron chi connectivity index (χ3n) is 4.49. The lowest BCUT2D eigenvalue weighted by Crippen LogP contribution is -2.46. The van der Waals surface area contributed by atoms with Gasteiger partial charge in [0.15, 0.2) is 5.76 Å². The highest BCUT2D eigenvalue weighted by atomic mass is 16.6. The third-order valence-corrected chi connectivity index (χ3v) is 4.49. The number of rotatable bonds is 4. The first-order chi connectivity index (χ1) is 9.97. The van der Waals surface area contributed by atoms with Crippen LogP contribution in [0.1, 0.15) is 29.8 Å². The monoisotopic (exact) mass is 294 g/mol. The average molecular weight is 294 g/mol. The van der Waals surface area contributed by atoms with Gasteiger partial charge in [0.1, 0.15) is 4.92 Å². The lowest BCUT2D eigenvalue weighted by Gasteiger charge is -2.28. The number of nitrogens with zero attached hydrogens (tertiary/aromatic N) is 1. The maximum absolute atomic E-state index is 12.1. The second-order valence-electron chi connectivity index (χ2n) is 5.59. The van der Waals surface area contributed by atoms with E-state index in [1.807, 2.05) is 0 Å². The normalized spacial score (nSPS) is 30.3. The van der Waals surface area contributed by atoms with Crippen molar-refractivity contribution in [2.45, 2.75) is 25.3 Å². The molecule has 1 aromatic rings. The van der Waals surface area contributed by atoms with Crippen LogP contribution in [0.5, 0.6) is 0 Å². The molecule has 8 nitrogen and oxygen atoms in total. The molecule has 0 saturated heterocycles. The molecule has 0 radical (unpaired) electrons. The smallest absolute Gasteiger partial charge is 0.433 e. The molecular weight excluding hydrogens is 280 g/mol. The van der Waals surface area contributed by atoms with Crippen LogP contribution in [0, 0.1) is 27.9 Å². The van der Waals surface area contributed by atoms with Crippen molar-refractivity contribution < 1.29 is 24.0 Å². The second kappa shape index (κ2) is 4.87. The maximum atomic E-state index is 12.1. The standard InChI is InChI=1S/C13H14N2O6/c16-12(8-3-4-9(21-8)15(19)20)14-11-7-2-1-6(5-7)10(11)13(17)18/h3-4,6-7,10-11H,1-2,5H2,(H,14,16)(H,17,18). The molecule has 2 saturated carbocycles. The fraction of sp³-hybridized carbons (Fsp3) is 0.538. The summed E-state index contributed by atoms with van der Waals surface area (Å²) in [4.78, 5) is 33.2. The van der Waals surface area contributed by atoms with Gasteiger partial charge in [-0.05, 0) is 37.2 Å². The van der Waals surface area contributed by atoms with Crippen LogP contribution in [0.4, 0.5) is 5.88 Å². The van der Waals surface area contributed by atoms with E-state index in [0.29, 0.717) is 0 Å². The van der Waals surface area contributed by atoms with Crippen LogP contribution in [-0.4, -0.2) is 27.9 Å². The van der Waals surface area contributed by atoms with Gasteiger partial charge in [0.25, 0.3) is 5.91 Å². The van der Waals surface area contributed by atoms with E-state index in [-0.39, 0.29) is 17.6 Å². The van der Waals surface area contributed by atoms with E-state index in [2.05, 4.69) is 5.32 Å². The predicted molar refractivity (Wildman–Crippen MR) is 68.6 cm³/mol. The topological polar surface area (TPSA) is 123 Å². The first-order valence-electron chi connectivity index (χ1n) is 6.75. The van der Waals surface area contributed by atoms with Crippen molar-refractivity contribution >= 4 is 17.8 Å². The van der Waals surface area contributed by atoms with Crippen LogP contribution in [0.2, 0.25) is 0 Å².